The van der Waals surface area contributed by atoms with Crippen molar-refractivity contribution < 1.29 is 18.7 Å². The molecular formula is C17H16FNO3. The van der Waals surface area contributed by atoms with E-state index in [1.165, 1.54) is 12.1 Å². The van der Waals surface area contributed by atoms with Gasteiger partial charge in [-0.05, 0) is 43.7 Å². The summed E-state index contributed by atoms with van der Waals surface area (Å²) >= 11 is 0. The third-order valence-corrected chi connectivity index (χ3v) is 3.56. The van der Waals surface area contributed by atoms with Gasteiger partial charge in [-0.25, -0.2) is 4.39 Å². The highest BCUT2D eigenvalue weighted by molar-refractivity contribution is 5.95. The molecule has 1 aliphatic heterocycles. The number of para-hydroxylation sites is 2. The lowest BCUT2D eigenvalue weighted by molar-refractivity contribution is -0.128. The number of ether oxygens (including phenoxy) is 2. The maximum atomic E-state index is 13.3. The zero-order valence-electron chi connectivity index (χ0n) is 12.3. The van der Waals surface area contributed by atoms with Gasteiger partial charge in [0.05, 0.1) is 0 Å². The average molecular weight is 301 g/mol. The predicted molar refractivity (Wildman–Crippen MR) is 80.7 cm³/mol. The number of amides is 1. The van der Waals surface area contributed by atoms with Gasteiger partial charge in [0.1, 0.15) is 11.9 Å². The van der Waals surface area contributed by atoms with E-state index in [9.17, 15) is 9.18 Å². The first kappa shape index (κ1) is 14.4. The summed E-state index contributed by atoms with van der Waals surface area (Å²) in [5.74, 6) is 0.369. The van der Waals surface area contributed by atoms with Crippen LogP contribution in [0.3, 0.4) is 0 Å². The van der Waals surface area contributed by atoms with Crippen molar-refractivity contribution in [3.05, 3.63) is 53.8 Å². The van der Waals surface area contributed by atoms with Crippen LogP contribution >= 0.6 is 0 Å². The van der Waals surface area contributed by atoms with Gasteiger partial charge in [0.2, 0.25) is 6.10 Å². The van der Waals surface area contributed by atoms with Crippen LogP contribution in [-0.4, -0.2) is 18.1 Å². The van der Waals surface area contributed by atoms with Crippen LogP contribution in [0.2, 0.25) is 0 Å². The number of carbonyl (C=O) groups excluding carboxylic acids is 1. The number of rotatable bonds is 2. The molecule has 5 heteroatoms. The standard InChI is InChI=1S/C17H16FNO3/c1-10-7-8-12(18)9-13(10)19-17(20)16-11(2)21-14-5-3-4-6-15(14)22-16/h3-9,11,16H,1-2H3,(H,19,20)/t11-,16-/m1/s1. The van der Waals surface area contributed by atoms with Gasteiger partial charge in [0, 0.05) is 5.69 Å². The van der Waals surface area contributed by atoms with Crippen LogP contribution < -0.4 is 14.8 Å². The van der Waals surface area contributed by atoms with Crippen molar-refractivity contribution in [2.75, 3.05) is 5.32 Å². The largest absolute Gasteiger partial charge is 0.482 e. The van der Waals surface area contributed by atoms with Gasteiger partial charge < -0.3 is 14.8 Å². The number of fused-ring (bicyclic) bond motifs is 1. The number of aryl methyl sites for hydroxylation is 1. The van der Waals surface area contributed by atoms with Crippen LogP contribution in [0.4, 0.5) is 10.1 Å². The first-order valence-corrected chi connectivity index (χ1v) is 7.04. The third kappa shape index (κ3) is 2.74. The molecule has 0 saturated carbocycles. The van der Waals surface area contributed by atoms with Gasteiger partial charge in [0.15, 0.2) is 11.5 Å². The minimum atomic E-state index is -0.794. The van der Waals surface area contributed by atoms with Crippen molar-refractivity contribution in [2.24, 2.45) is 0 Å². The molecule has 0 radical (unpaired) electrons. The van der Waals surface area contributed by atoms with Gasteiger partial charge in [-0.15, -0.1) is 0 Å². The van der Waals surface area contributed by atoms with E-state index >= 15 is 0 Å². The monoisotopic (exact) mass is 301 g/mol. The van der Waals surface area contributed by atoms with E-state index in [1.807, 2.05) is 12.1 Å². The Morgan fingerprint density at radius 1 is 1.14 bits per heavy atom. The number of anilines is 1. The van der Waals surface area contributed by atoms with Crippen molar-refractivity contribution >= 4 is 11.6 Å². The number of hydrogen-bond acceptors (Lipinski definition) is 3. The third-order valence-electron chi connectivity index (χ3n) is 3.56. The fourth-order valence-electron chi connectivity index (χ4n) is 2.34. The molecule has 4 nitrogen and oxygen atoms in total. The van der Waals surface area contributed by atoms with Crippen LogP contribution in [0.15, 0.2) is 42.5 Å². The molecule has 0 unspecified atom stereocenters. The lowest BCUT2D eigenvalue weighted by Gasteiger charge is -2.31. The number of nitrogens with one attached hydrogen (secondary N) is 1. The number of carbonyl (C=O) groups is 1. The maximum Gasteiger partial charge on any atom is 0.269 e. The number of hydrogen-bond donors (Lipinski definition) is 1. The Hall–Kier alpha value is -2.56. The molecular weight excluding hydrogens is 285 g/mol. The molecule has 1 amide bonds. The minimum Gasteiger partial charge on any atom is -0.482 e. The van der Waals surface area contributed by atoms with E-state index < -0.39 is 18.0 Å². The highest BCUT2D eigenvalue weighted by Crippen LogP contribution is 2.33. The molecule has 1 heterocycles. The fraction of sp³-hybridized carbons (Fsp3) is 0.235. The Balaban J connectivity index is 1.79. The summed E-state index contributed by atoms with van der Waals surface area (Å²) < 4.78 is 24.7. The molecule has 0 saturated heterocycles. The lowest BCUT2D eigenvalue weighted by Crippen LogP contribution is -2.46. The van der Waals surface area contributed by atoms with Crippen molar-refractivity contribution in [3.8, 4) is 11.5 Å². The molecule has 3 rings (SSSR count). The molecule has 22 heavy (non-hydrogen) atoms. The van der Waals surface area contributed by atoms with Crippen molar-refractivity contribution in [3.63, 3.8) is 0 Å². The van der Waals surface area contributed by atoms with Gasteiger partial charge in [-0.3, -0.25) is 4.79 Å². The Morgan fingerprint density at radius 3 is 2.55 bits per heavy atom. The summed E-state index contributed by atoms with van der Waals surface area (Å²) in [4.78, 5) is 12.4. The Kier molecular flexibility index (Phi) is 3.71. The first-order valence-electron chi connectivity index (χ1n) is 7.04. The molecule has 0 bridgehead atoms. The Bertz CT molecular complexity index is 717. The molecule has 0 fully saturated rings. The van der Waals surface area contributed by atoms with Crippen molar-refractivity contribution in [2.45, 2.75) is 26.1 Å². The van der Waals surface area contributed by atoms with Crippen molar-refractivity contribution in [1.82, 2.24) is 0 Å². The fourth-order valence-corrected chi connectivity index (χ4v) is 2.34. The van der Waals surface area contributed by atoms with E-state index in [0.717, 1.165) is 5.56 Å². The second kappa shape index (κ2) is 5.67. The van der Waals surface area contributed by atoms with E-state index in [0.29, 0.717) is 17.2 Å². The zero-order chi connectivity index (χ0) is 15.7. The molecule has 2 aromatic carbocycles. The van der Waals surface area contributed by atoms with Crippen LogP contribution in [0.25, 0.3) is 0 Å². The minimum absolute atomic E-state index is 0.365. The normalized spacial score (nSPS) is 19.6. The predicted octanol–water partition coefficient (Wildman–Crippen LogP) is 3.30. The van der Waals surface area contributed by atoms with Gasteiger partial charge in [-0.1, -0.05) is 18.2 Å². The summed E-state index contributed by atoms with van der Waals surface area (Å²) in [5.41, 5.74) is 1.21. The van der Waals surface area contributed by atoms with E-state index in [-0.39, 0.29) is 5.91 Å². The molecule has 114 valence electrons. The zero-order valence-corrected chi connectivity index (χ0v) is 12.3. The summed E-state index contributed by atoms with van der Waals surface area (Å²) in [6.45, 7) is 3.56. The van der Waals surface area contributed by atoms with E-state index in [2.05, 4.69) is 5.32 Å². The van der Waals surface area contributed by atoms with Gasteiger partial charge >= 0.3 is 0 Å². The molecule has 0 spiro atoms. The molecule has 1 N–H and O–H groups in total. The molecule has 2 atom stereocenters. The quantitative estimate of drug-likeness (QED) is 0.926. The summed E-state index contributed by atoms with van der Waals surface area (Å²) in [6.07, 6.45) is -1.23. The maximum absolute atomic E-state index is 13.3. The highest BCUT2D eigenvalue weighted by atomic mass is 19.1. The highest BCUT2D eigenvalue weighted by Gasteiger charge is 2.34. The molecule has 2 aromatic rings. The van der Waals surface area contributed by atoms with Gasteiger partial charge in [0.25, 0.3) is 5.91 Å². The molecule has 0 aliphatic carbocycles. The van der Waals surface area contributed by atoms with Crippen LogP contribution in [0.5, 0.6) is 11.5 Å². The van der Waals surface area contributed by atoms with Crippen LogP contribution in [0.1, 0.15) is 12.5 Å². The Labute approximate surface area is 127 Å². The number of benzene rings is 2. The van der Waals surface area contributed by atoms with Crippen LogP contribution in [-0.2, 0) is 4.79 Å². The summed E-state index contributed by atoms with van der Waals surface area (Å²) in [6, 6.07) is 11.4. The second-order valence-electron chi connectivity index (χ2n) is 5.26. The lowest BCUT2D eigenvalue weighted by atomic mass is 10.1. The Morgan fingerprint density at radius 2 is 1.82 bits per heavy atom. The second-order valence-corrected chi connectivity index (χ2v) is 5.26. The first-order chi connectivity index (χ1) is 10.5. The topological polar surface area (TPSA) is 47.6 Å². The van der Waals surface area contributed by atoms with E-state index in [1.54, 1.807) is 32.0 Å². The van der Waals surface area contributed by atoms with Gasteiger partial charge in [-0.2, -0.15) is 0 Å². The number of halogens is 1. The molecule has 1 aliphatic rings. The molecule has 0 aromatic heterocycles. The summed E-state index contributed by atoms with van der Waals surface area (Å²) in [7, 11) is 0. The van der Waals surface area contributed by atoms with Crippen molar-refractivity contribution in [1.29, 1.82) is 0 Å². The van der Waals surface area contributed by atoms with Crippen LogP contribution in [0, 0.1) is 12.7 Å². The van der Waals surface area contributed by atoms with E-state index in [4.69, 9.17) is 9.47 Å². The SMILES string of the molecule is Cc1ccc(F)cc1NC(=O)[C@@H]1Oc2ccccc2O[C@@H]1C. The smallest absolute Gasteiger partial charge is 0.269 e. The summed E-state index contributed by atoms with van der Waals surface area (Å²) in [5, 5.41) is 2.70. The average Bonchev–Trinajstić information content (AvgIpc) is 2.50.